The van der Waals surface area contributed by atoms with E-state index >= 15 is 0 Å². The molecule has 1 aromatic carbocycles. The number of nitrogens with zero attached hydrogens (tertiary/aromatic N) is 1. The molecule has 0 aliphatic heterocycles. The highest BCUT2D eigenvalue weighted by Crippen LogP contribution is 2.15. The van der Waals surface area contributed by atoms with Gasteiger partial charge in [-0.1, -0.05) is 30.3 Å². The van der Waals surface area contributed by atoms with Crippen LogP contribution in [0.1, 0.15) is 22.5 Å². The van der Waals surface area contributed by atoms with Crippen LogP contribution < -0.4 is 21.3 Å². The second kappa shape index (κ2) is 11.3. The molecule has 0 aliphatic rings. The molecule has 4 amide bonds. The number of nitrogens with one attached hydrogen (secondary N) is 4. The van der Waals surface area contributed by atoms with Gasteiger partial charge in [-0.2, -0.15) is 0 Å². The van der Waals surface area contributed by atoms with Gasteiger partial charge in [0, 0.05) is 11.9 Å². The zero-order valence-electron chi connectivity index (χ0n) is 16.0. The first-order chi connectivity index (χ1) is 14.7. The third kappa shape index (κ3) is 8.10. The lowest BCUT2D eigenvalue weighted by atomic mass is 10.2. The van der Waals surface area contributed by atoms with Crippen molar-refractivity contribution in [2.45, 2.75) is 19.0 Å². The number of carbonyl (C=O) groups is 5. The number of hydrogen-bond donors (Lipinski definition) is 6. The van der Waals surface area contributed by atoms with Crippen LogP contribution in [-0.2, 0) is 20.9 Å². The van der Waals surface area contributed by atoms with E-state index < -0.39 is 48.8 Å². The summed E-state index contributed by atoms with van der Waals surface area (Å²) >= 11 is 0.996. The number of carboxylic acids is 2. The molecule has 13 heteroatoms. The molecular formula is C18H19N5O7S. The largest absolute Gasteiger partial charge is 0.481 e. The quantitative estimate of drug-likeness (QED) is 0.297. The number of anilines is 1. The summed E-state index contributed by atoms with van der Waals surface area (Å²) < 4.78 is 0. The fourth-order valence-electron chi connectivity index (χ4n) is 2.23. The van der Waals surface area contributed by atoms with Crippen LogP contribution in [0.15, 0.2) is 35.7 Å². The van der Waals surface area contributed by atoms with E-state index in [4.69, 9.17) is 10.2 Å². The number of rotatable bonds is 10. The van der Waals surface area contributed by atoms with Crippen LogP contribution in [0, 0.1) is 0 Å². The Labute approximate surface area is 179 Å². The van der Waals surface area contributed by atoms with Crippen molar-refractivity contribution in [1.82, 2.24) is 20.9 Å². The van der Waals surface area contributed by atoms with Crippen LogP contribution in [0.2, 0.25) is 0 Å². The lowest BCUT2D eigenvalue weighted by molar-refractivity contribution is -0.147. The molecule has 1 aromatic heterocycles. The summed E-state index contributed by atoms with van der Waals surface area (Å²) in [5.41, 5.74) is 0.847. The maximum absolute atomic E-state index is 12.1. The zero-order chi connectivity index (χ0) is 22.8. The summed E-state index contributed by atoms with van der Waals surface area (Å²) in [7, 11) is 0. The number of carboxylic acid groups (broad SMARTS) is 2. The fourth-order valence-corrected chi connectivity index (χ4v) is 2.91. The monoisotopic (exact) mass is 449 g/mol. The second-order valence-corrected chi connectivity index (χ2v) is 6.93. The van der Waals surface area contributed by atoms with E-state index in [2.05, 4.69) is 20.9 Å². The molecule has 0 saturated heterocycles. The number of urea groups is 1. The van der Waals surface area contributed by atoms with Gasteiger partial charge in [-0.05, 0) is 5.56 Å². The van der Waals surface area contributed by atoms with Crippen molar-refractivity contribution in [2.24, 2.45) is 0 Å². The SMILES string of the molecule is O=C(O)C[C@H](NC(=O)CNC(=O)c1csc(NC(=O)NCc2ccccc2)n1)C(=O)O. The molecule has 0 aliphatic carbocycles. The Bertz CT molecular complexity index is 963. The third-order valence-electron chi connectivity index (χ3n) is 3.67. The van der Waals surface area contributed by atoms with Gasteiger partial charge in [0.15, 0.2) is 5.13 Å². The highest BCUT2D eigenvalue weighted by atomic mass is 32.1. The molecule has 1 heterocycles. The number of amides is 4. The molecule has 2 aromatic rings. The lowest BCUT2D eigenvalue weighted by Crippen LogP contribution is -2.46. The molecule has 2 rings (SSSR count). The molecule has 0 saturated carbocycles. The molecule has 164 valence electrons. The first-order valence-electron chi connectivity index (χ1n) is 8.81. The zero-order valence-corrected chi connectivity index (χ0v) is 16.8. The smallest absolute Gasteiger partial charge is 0.326 e. The number of carbonyl (C=O) groups excluding carboxylic acids is 3. The number of hydrogen-bond acceptors (Lipinski definition) is 7. The Morgan fingerprint density at radius 3 is 2.39 bits per heavy atom. The molecule has 0 unspecified atom stereocenters. The van der Waals surface area contributed by atoms with Gasteiger partial charge >= 0.3 is 18.0 Å². The number of aliphatic carboxylic acids is 2. The van der Waals surface area contributed by atoms with Crippen LogP contribution in [0.25, 0.3) is 0 Å². The summed E-state index contributed by atoms with van der Waals surface area (Å²) in [6, 6.07) is 7.11. The van der Waals surface area contributed by atoms with Crippen molar-refractivity contribution < 1.29 is 34.2 Å². The highest BCUT2D eigenvalue weighted by Gasteiger charge is 2.23. The Morgan fingerprint density at radius 2 is 1.74 bits per heavy atom. The molecule has 0 spiro atoms. The summed E-state index contributed by atoms with van der Waals surface area (Å²) in [4.78, 5) is 61.2. The summed E-state index contributed by atoms with van der Waals surface area (Å²) in [5.74, 6) is -4.51. The van der Waals surface area contributed by atoms with E-state index in [1.807, 2.05) is 35.6 Å². The molecule has 31 heavy (non-hydrogen) atoms. The Hall–Kier alpha value is -4.00. The molecular weight excluding hydrogens is 430 g/mol. The van der Waals surface area contributed by atoms with Crippen LogP contribution in [-0.4, -0.2) is 57.6 Å². The average molecular weight is 449 g/mol. The summed E-state index contributed by atoms with van der Waals surface area (Å²) in [5, 5.41) is 28.4. The van der Waals surface area contributed by atoms with Gasteiger partial charge < -0.3 is 26.2 Å². The minimum atomic E-state index is -1.62. The van der Waals surface area contributed by atoms with E-state index in [0.717, 1.165) is 16.9 Å². The van der Waals surface area contributed by atoms with Gasteiger partial charge in [0.2, 0.25) is 5.91 Å². The minimum Gasteiger partial charge on any atom is -0.481 e. The molecule has 1 atom stereocenters. The maximum Gasteiger partial charge on any atom is 0.326 e. The summed E-state index contributed by atoms with van der Waals surface area (Å²) in [6.45, 7) is -0.278. The van der Waals surface area contributed by atoms with E-state index in [-0.39, 0.29) is 10.8 Å². The van der Waals surface area contributed by atoms with Gasteiger partial charge in [-0.3, -0.25) is 19.7 Å². The molecule has 6 N–H and O–H groups in total. The van der Waals surface area contributed by atoms with E-state index in [1.165, 1.54) is 5.38 Å². The molecule has 12 nitrogen and oxygen atoms in total. The second-order valence-electron chi connectivity index (χ2n) is 6.07. The predicted molar refractivity (Wildman–Crippen MR) is 109 cm³/mol. The van der Waals surface area contributed by atoms with Gasteiger partial charge in [0.1, 0.15) is 11.7 Å². The van der Waals surface area contributed by atoms with Gasteiger partial charge in [0.05, 0.1) is 13.0 Å². The van der Waals surface area contributed by atoms with E-state index in [9.17, 15) is 24.0 Å². The number of thiazole rings is 1. The van der Waals surface area contributed by atoms with Crippen LogP contribution in [0.3, 0.4) is 0 Å². The fraction of sp³-hybridized carbons (Fsp3) is 0.222. The van der Waals surface area contributed by atoms with Crippen molar-refractivity contribution >= 4 is 46.3 Å². The Balaban J connectivity index is 1.79. The highest BCUT2D eigenvalue weighted by molar-refractivity contribution is 7.14. The Morgan fingerprint density at radius 1 is 1.03 bits per heavy atom. The molecule has 0 radical (unpaired) electrons. The van der Waals surface area contributed by atoms with Crippen molar-refractivity contribution in [1.29, 1.82) is 0 Å². The maximum atomic E-state index is 12.1. The van der Waals surface area contributed by atoms with E-state index in [1.54, 1.807) is 0 Å². The van der Waals surface area contributed by atoms with Gasteiger partial charge in [0.25, 0.3) is 5.91 Å². The molecule has 0 fully saturated rings. The van der Waals surface area contributed by atoms with Gasteiger partial charge in [-0.25, -0.2) is 14.6 Å². The first-order valence-corrected chi connectivity index (χ1v) is 9.69. The normalized spacial score (nSPS) is 11.1. The van der Waals surface area contributed by atoms with E-state index in [0.29, 0.717) is 6.54 Å². The van der Waals surface area contributed by atoms with Crippen LogP contribution in [0.4, 0.5) is 9.93 Å². The van der Waals surface area contributed by atoms with Crippen molar-refractivity contribution in [3.63, 3.8) is 0 Å². The Kier molecular flexibility index (Phi) is 8.45. The van der Waals surface area contributed by atoms with Crippen LogP contribution in [0.5, 0.6) is 0 Å². The topological polar surface area (TPSA) is 187 Å². The number of benzene rings is 1. The third-order valence-corrected chi connectivity index (χ3v) is 4.43. The lowest BCUT2D eigenvalue weighted by Gasteiger charge is -2.12. The van der Waals surface area contributed by atoms with Crippen molar-refractivity contribution in [2.75, 3.05) is 11.9 Å². The van der Waals surface area contributed by atoms with Crippen LogP contribution >= 0.6 is 11.3 Å². The predicted octanol–water partition coefficient (Wildman–Crippen LogP) is 0.239. The standard InChI is InChI=1S/C18H19N5O7S/c24-13(21-11(16(28)29)6-14(25)26)8-19-15(27)12-9-31-18(22-12)23-17(30)20-7-10-4-2-1-3-5-10/h1-5,9,11H,6-8H2,(H,19,27)(H,21,24)(H,25,26)(H,28,29)(H2,20,22,23,30)/t11-/m0/s1. The van der Waals surface area contributed by atoms with Gasteiger partial charge in [-0.15, -0.1) is 11.3 Å². The average Bonchev–Trinajstić information content (AvgIpc) is 3.19. The minimum absolute atomic E-state index is 0.0588. The van der Waals surface area contributed by atoms with Crippen molar-refractivity contribution in [3.05, 3.63) is 47.0 Å². The summed E-state index contributed by atoms with van der Waals surface area (Å²) in [6.07, 6.45) is -0.803. The first kappa shape index (κ1) is 23.3. The molecule has 0 bridgehead atoms. The number of aromatic nitrogens is 1. The van der Waals surface area contributed by atoms with Crippen molar-refractivity contribution in [3.8, 4) is 0 Å².